The third-order valence-electron chi connectivity index (χ3n) is 4.34. The highest BCUT2D eigenvalue weighted by molar-refractivity contribution is 5.74. The summed E-state index contributed by atoms with van der Waals surface area (Å²) in [5.41, 5.74) is 0.882. The largest absolute Gasteiger partial charge is 0.497 e. The minimum Gasteiger partial charge on any atom is -0.497 e. The summed E-state index contributed by atoms with van der Waals surface area (Å²) in [4.78, 5) is 14.1. The Morgan fingerprint density at radius 1 is 1.38 bits per heavy atom. The van der Waals surface area contributed by atoms with Crippen LogP contribution in [0.25, 0.3) is 0 Å². The van der Waals surface area contributed by atoms with Gasteiger partial charge in [-0.25, -0.2) is 4.79 Å². The Bertz CT molecular complexity index is 544. The second kappa shape index (κ2) is 8.78. The van der Waals surface area contributed by atoms with E-state index in [0.717, 1.165) is 42.9 Å². The van der Waals surface area contributed by atoms with Crippen molar-refractivity contribution in [1.29, 1.82) is 0 Å². The molecule has 0 saturated carbocycles. The van der Waals surface area contributed by atoms with Gasteiger partial charge < -0.3 is 24.4 Å². The van der Waals surface area contributed by atoms with Crippen molar-refractivity contribution in [1.82, 2.24) is 10.2 Å². The molecule has 2 rings (SSSR count). The molecule has 0 aliphatic carbocycles. The number of urea groups is 1. The minimum absolute atomic E-state index is 0.124. The maximum absolute atomic E-state index is 12.4. The van der Waals surface area contributed by atoms with Gasteiger partial charge in [0, 0.05) is 25.8 Å². The molecule has 0 radical (unpaired) electrons. The van der Waals surface area contributed by atoms with Crippen LogP contribution in [0.5, 0.6) is 11.5 Å². The van der Waals surface area contributed by atoms with E-state index >= 15 is 0 Å². The minimum atomic E-state index is -0.197. The fraction of sp³-hybridized carbons (Fsp3) is 0.611. The predicted molar refractivity (Wildman–Crippen MR) is 92.7 cm³/mol. The van der Waals surface area contributed by atoms with Crippen LogP contribution >= 0.6 is 0 Å². The summed E-state index contributed by atoms with van der Waals surface area (Å²) in [6.45, 7) is 3.32. The lowest BCUT2D eigenvalue weighted by molar-refractivity contribution is 0.00373. The molecule has 1 fully saturated rings. The predicted octanol–water partition coefficient (Wildman–Crippen LogP) is 2.98. The third-order valence-corrected chi connectivity index (χ3v) is 4.34. The number of ether oxygens (including phenoxy) is 3. The molecule has 2 amide bonds. The number of hydrogen-bond acceptors (Lipinski definition) is 4. The van der Waals surface area contributed by atoms with Gasteiger partial charge in [0.25, 0.3) is 0 Å². The van der Waals surface area contributed by atoms with Gasteiger partial charge >= 0.3 is 6.03 Å². The number of hydrogen-bond donors (Lipinski definition) is 1. The molecule has 1 N–H and O–H groups in total. The van der Waals surface area contributed by atoms with Crippen molar-refractivity contribution in [3.05, 3.63) is 23.8 Å². The zero-order valence-electron chi connectivity index (χ0n) is 15.0. The molecule has 1 aliphatic rings. The molecule has 2 atom stereocenters. The second-order valence-corrected chi connectivity index (χ2v) is 6.15. The smallest absolute Gasteiger partial charge is 0.317 e. The summed E-state index contributed by atoms with van der Waals surface area (Å²) in [6, 6.07) is 5.24. The number of benzene rings is 1. The molecule has 134 valence electrons. The van der Waals surface area contributed by atoms with Gasteiger partial charge in [0.2, 0.25) is 0 Å². The SMILES string of the molecule is COc1ccc(OC)c(C(C)NC(=O)N(C)CC2CCCCO2)c1. The first-order chi connectivity index (χ1) is 11.5. The summed E-state index contributed by atoms with van der Waals surface area (Å²) in [5.74, 6) is 1.46. The van der Waals surface area contributed by atoms with E-state index < -0.39 is 0 Å². The van der Waals surface area contributed by atoms with Crippen LogP contribution in [0.2, 0.25) is 0 Å². The van der Waals surface area contributed by atoms with Crippen molar-refractivity contribution in [3.63, 3.8) is 0 Å². The van der Waals surface area contributed by atoms with E-state index in [4.69, 9.17) is 14.2 Å². The number of rotatable bonds is 6. The summed E-state index contributed by atoms with van der Waals surface area (Å²) in [7, 11) is 5.03. The van der Waals surface area contributed by atoms with Crippen LogP contribution in [0.4, 0.5) is 4.79 Å². The van der Waals surface area contributed by atoms with Gasteiger partial charge in [-0.15, -0.1) is 0 Å². The van der Waals surface area contributed by atoms with Crippen LogP contribution < -0.4 is 14.8 Å². The van der Waals surface area contributed by atoms with Crippen molar-refractivity contribution >= 4 is 6.03 Å². The van der Waals surface area contributed by atoms with Gasteiger partial charge in [0.15, 0.2) is 0 Å². The van der Waals surface area contributed by atoms with E-state index in [1.165, 1.54) is 0 Å². The molecule has 1 aromatic carbocycles. The lowest BCUT2D eigenvalue weighted by atomic mass is 10.1. The quantitative estimate of drug-likeness (QED) is 0.867. The topological polar surface area (TPSA) is 60.0 Å². The number of carbonyl (C=O) groups excluding carboxylic acids is 1. The van der Waals surface area contributed by atoms with Crippen LogP contribution in [0.15, 0.2) is 18.2 Å². The fourth-order valence-electron chi connectivity index (χ4n) is 2.89. The van der Waals surface area contributed by atoms with E-state index in [9.17, 15) is 4.79 Å². The summed E-state index contributed by atoms with van der Waals surface area (Å²) >= 11 is 0. The van der Waals surface area contributed by atoms with Crippen molar-refractivity contribution in [2.75, 3.05) is 34.4 Å². The van der Waals surface area contributed by atoms with Gasteiger partial charge in [-0.3, -0.25) is 0 Å². The van der Waals surface area contributed by atoms with Crippen LogP contribution in [0, 0.1) is 0 Å². The number of nitrogens with zero attached hydrogens (tertiary/aromatic N) is 1. The Kier molecular flexibility index (Phi) is 6.73. The molecule has 1 saturated heterocycles. The Morgan fingerprint density at radius 3 is 2.79 bits per heavy atom. The van der Waals surface area contributed by atoms with Crippen molar-refractivity contribution in [2.24, 2.45) is 0 Å². The monoisotopic (exact) mass is 336 g/mol. The van der Waals surface area contributed by atoms with Gasteiger partial charge in [-0.05, 0) is 44.4 Å². The highest BCUT2D eigenvalue weighted by atomic mass is 16.5. The first-order valence-electron chi connectivity index (χ1n) is 8.40. The van der Waals surface area contributed by atoms with Gasteiger partial charge in [-0.1, -0.05) is 0 Å². The summed E-state index contributed by atoms with van der Waals surface area (Å²) < 4.78 is 16.3. The molecular formula is C18H28N2O4. The van der Waals surface area contributed by atoms with Gasteiger partial charge in [0.05, 0.1) is 26.4 Å². The lowest BCUT2D eigenvalue weighted by Crippen LogP contribution is -2.43. The van der Waals surface area contributed by atoms with Crippen molar-refractivity contribution < 1.29 is 19.0 Å². The Hall–Kier alpha value is -1.95. The molecule has 0 bridgehead atoms. The van der Waals surface area contributed by atoms with Crippen LogP contribution in [0.3, 0.4) is 0 Å². The zero-order chi connectivity index (χ0) is 17.5. The fourth-order valence-corrected chi connectivity index (χ4v) is 2.89. The molecule has 6 heteroatoms. The molecule has 1 aromatic rings. The van der Waals surface area contributed by atoms with Crippen LogP contribution in [-0.2, 0) is 4.74 Å². The maximum atomic E-state index is 12.4. The van der Waals surface area contributed by atoms with E-state index in [1.807, 2.05) is 25.1 Å². The molecule has 2 unspecified atom stereocenters. The summed E-state index contributed by atoms with van der Waals surface area (Å²) in [6.07, 6.45) is 3.42. The third kappa shape index (κ3) is 4.77. The number of amides is 2. The molecule has 1 heterocycles. The van der Waals surface area contributed by atoms with E-state index in [-0.39, 0.29) is 18.2 Å². The second-order valence-electron chi connectivity index (χ2n) is 6.15. The first-order valence-corrected chi connectivity index (χ1v) is 8.40. The number of likely N-dealkylation sites (N-methyl/N-ethyl adjacent to an activating group) is 1. The average Bonchev–Trinajstić information content (AvgIpc) is 2.61. The van der Waals surface area contributed by atoms with Crippen LogP contribution in [-0.4, -0.2) is 51.5 Å². The molecular weight excluding hydrogens is 308 g/mol. The molecule has 0 aromatic heterocycles. The molecule has 24 heavy (non-hydrogen) atoms. The normalized spacial score (nSPS) is 18.6. The Balaban J connectivity index is 1.97. The van der Waals surface area contributed by atoms with Gasteiger partial charge in [-0.2, -0.15) is 0 Å². The van der Waals surface area contributed by atoms with E-state index in [2.05, 4.69) is 5.32 Å². The standard InChI is InChI=1S/C18H28N2O4/c1-13(16-11-14(22-3)8-9-17(16)23-4)19-18(21)20(2)12-15-7-5-6-10-24-15/h8-9,11,13,15H,5-7,10,12H2,1-4H3,(H,19,21). The average molecular weight is 336 g/mol. The Labute approximate surface area is 144 Å². The first kappa shape index (κ1) is 18.4. The van der Waals surface area contributed by atoms with Crippen molar-refractivity contribution in [2.45, 2.75) is 38.3 Å². The highest BCUT2D eigenvalue weighted by Gasteiger charge is 2.21. The summed E-state index contributed by atoms with van der Waals surface area (Å²) in [5, 5.41) is 3.01. The molecule has 1 aliphatic heterocycles. The highest BCUT2D eigenvalue weighted by Crippen LogP contribution is 2.29. The zero-order valence-corrected chi connectivity index (χ0v) is 15.0. The maximum Gasteiger partial charge on any atom is 0.317 e. The van der Waals surface area contributed by atoms with E-state index in [0.29, 0.717) is 6.54 Å². The molecule has 0 spiro atoms. The lowest BCUT2D eigenvalue weighted by Gasteiger charge is -2.28. The number of methoxy groups -OCH3 is 2. The van der Waals surface area contributed by atoms with E-state index in [1.54, 1.807) is 26.2 Å². The van der Waals surface area contributed by atoms with Crippen molar-refractivity contribution in [3.8, 4) is 11.5 Å². The Morgan fingerprint density at radius 2 is 2.17 bits per heavy atom. The molecule has 6 nitrogen and oxygen atoms in total. The number of nitrogens with one attached hydrogen (secondary N) is 1. The number of carbonyl (C=O) groups is 1. The van der Waals surface area contributed by atoms with Gasteiger partial charge in [0.1, 0.15) is 11.5 Å². The van der Waals surface area contributed by atoms with Crippen LogP contribution in [0.1, 0.15) is 37.8 Å².